The van der Waals surface area contributed by atoms with Crippen molar-refractivity contribution in [3.8, 4) is 0 Å². The van der Waals surface area contributed by atoms with Crippen molar-refractivity contribution in [3.05, 3.63) is 71.9 Å². The van der Waals surface area contributed by atoms with Crippen LogP contribution in [0.15, 0.2) is 60.8 Å². The second-order valence-electron chi connectivity index (χ2n) is 6.84. The maximum absolute atomic E-state index is 5.47. The van der Waals surface area contributed by atoms with Crippen molar-refractivity contribution in [1.82, 2.24) is 9.88 Å². The summed E-state index contributed by atoms with van der Waals surface area (Å²) < 4.78 is 5.47. The predicted molar refractivity (Wildman–Crippen MR) is 106 cm³/mol. The zero-order valence-electron chi connectivity index (χ0n) is 15.2. The molecule has 1 N–H and O–H groups in total. The monoisotopic (exact) mass is 347 g/mol. The molecule has 4 nitrogen and oxygen atoms in total. The van der Waals surface area contributed by atoms with Crippen LogP contribution in [0.25, 0.3) is 10.9 Å². The molecule has 2 heterocycles. The van der Waals surface area contributed by atoms with E-state index in [9.17, 15) is 0 Å². The van der Waals surface area contributed by atoms with Crippen molar-refractivity contribution in [2.24, 2.45) is 0 Å². The van der Waals surface area contributed by atoms with Crippen LogP contribution in [0.1, 0.15) is 24.1 Å². The lowest BCUT2D eigenvalue weighted by Crippen LogP contribution is -2.38. The van der Waals surface area contributed by atoms with E-state index >= 15 is 0 Å². The van der Waals surface area contributed by atoms with Crippen molar-refractivity contribution >= 4 is 16.6 Å². The van der Waals surface area contributed by atoms with Gasteiger partial charge in [0.2, 0.25) is 0 Å². The molecule has 1 aliphatic rings. The van der Waals surface area contributed by atoms with Crippen LogP contribution in [0.4, 0.5) is 5.69 Å². The molecule has 1 fully saturated rings. The van der Waals surface area contributed by atoms with E-state index in [0.29, 0.717) is 6.04 Å². The van der Waals surface area contributed by atoms with E-state index in [2.05, 4.69) is 64.6 Å². The fraction of sp³-hybridized carbons (Fsp3) is 0.318. The largest absolute Gasteiger partial charge is 0.381 e. The van der Waals surface area contributed by atoms with Crippen molar-refractivity contribution in [1.29, 1.82) is 0 Å². The molecule has 1 saturated heterocycles. The van der Waals surface area contributed by atoms with Crippen LogP contribution in [-0.4, -0.2) is 36.2 Å². The quantitative estimate of drug-likeness (QED) is 0.749. The van der Waals surface area contributed by atoms with E-state index in [1.165, 1.54) is 16.5 Å². The first kappa shape index (κ1) is 17.0. The minimum atomic E-state index is 0.406. The van der Waals surface area contributed by atoms with Crippen LogP contribution < -0.4 is 5.32 Å². The predicted octanol–water partition coefficient (Wildman–Crippen LogP) is 4.24. The lowest BCUT2D eigenvalue weighted by atomic mass is 10.1. The van der Waals surface area contributed by atoms with Crippen LogP contribution >= 0.6 is 0 Å². The van der Waals surface area contributed by atoms with E-state index in [1.807, 2.05) is 18.3 Å². The molecule has 1 unspecified atom stereocenters. The minimum Gasteiger partial charge on any atom is -0.381 e. The Morgan fingerprint density at radius 3 is 2.81 bits per heavy atom. The van der Waals surface area contributed by atoms with Gasteiger partial charge in [-0.3, -0.25) is 9.88 Å². The second kappa shape index (κ2) is 7.85. The van der Waals surface area contributed by atoms with Gasteiger partial charge in [-0.05, 0) is 42.3 Å². The Bertz CT molecular complexity index is 874. The maximum Gasteiger partial charge on any atom is 0.0702 e. The molecule has 0 bridgehead atoms. The summed E-state index contributed by atoms with van der Waals surface area (Å²) in [5.74, 6) is 0. The molecule has 3 aromatic rings. The van der Waals surface area contributed by atoms with Gasteiger partial charge in [-0.15, -0.1) is 0 Å². The number of pyridine rings is 1. The Morgan fingerprint density at radius 2 is 1.92 bits per heavy atom. The summed E-state index contributed by atoms with van der Waals surface area (Å²) in [6, 6.07) is 19.6. The third-order valence-corrected chi connectivity index (χ3v) is 5.11. The van der Waals surface area contributed by atoms with Crippen LogP contribution in [-0.2, 0) is 11.3 Å². The van der Waals surface area contributed by atoms with Gasteiger partial charge in [0.1, 0.15) is 0 Å². The van der Waals surface area contributed by atoms with E-state index in [-0.39, 0.29) is 0 Å². The Labute approximate surface area is 154 Å². The van der Waals surface area contributed by atoms with Crippen LogP contribution in [0, 0.1) is 0 Å². The van der Waals surface area contributed by atoms with Crippen LogP contribution in [0.3, 0.4) is 0 Å². The topological polar surface area (TPSA) is 37.4 Å². The molecule has 134 valence electrons. The first-order valence-corrected chi connectivity index (χ1v) is 9.29. The zero-order valence-corrected chi connectivity index (χ0v) is 15.2. The molecule has 0 radical (unpaired) electrons. The number of para-hydroxylation sites is 1. The van der Waals surface area contributed by atoms with Crippen LogP contribution in [0.2, 0.25) is 0 Å². The molecule has 1 atom stereocenters. The molecule has 4 heteroatoms. The molecular weight excluding hydrogens is 322 g/mol. The number of morpholine rings is 1. The molecule has 4 rings (SSSR count). The SMILES string of the molecule is CC(c1cccc(NCc2cnc3ccccc3c2)c1)N1CCOCC1. The molecule has 1 aliphatic heterocycles. The van der Waals surface area contributed by atoms with Crippen molar-refractivity contribution in [2.75, 3.05) is 31.6 Å². The van der Waals surface area contributed by atoms with Crippen molar-refractivity contribution < 1.29 is 4.74 Å². The Hall–Kier alpha value is -2.43. The van der Waals surface area contributed by atoms with E-state index in [1.54, 1.807) is 0 Å². The number of anilines is 1. The van der Waals surface area contributed by atoms with E-state index < -0.39 is 0 Å². The van der Waals surface area contributed by atoms with Crippen molar-refractivity contribution in [3.63, 3.8) is 0 Å². The summed E-state index contributed by atoms with van der Waals surface area (Å²) in [4.78, 5) is 7.02. The van der Waals surface area contributed by atoms with E-state index in [4.69, 9.17) is 4.74 Å². The lowest BCUT2D eigenvalue weighted by Gasteiger charge is -2.32. The molecule has 1 aromatic heterocycles. The number of fused-ring (bicyclic) bond motifs is 1. The Balaban J connectivity index is 1.44. The fourth-order valence-corrected chi connectivity index (χ4v) is 3.50. The summed E-state index contributed by atoms with van der Waals surface area (Å²) in [6.45, 7) is 6.71. The number of hydrogen-bond donors (Lipinski definition) is 1. The first-order valence-electron chi connectivity index (χ1n) is 9.29. The van der Waals surface area contributed by atoms with Gasteiger partial charge in [0, 0.05) is 42.9 Å². The Kier molecular flexibility index (Phi) is 5.14. The standard InChI is InChI=1S/C22H25N3O/c1-17(25-9-11-26-12-10-25)19-6-4-7-21(14-19)23-15-18-13-20-5-2-3-8-22(20)24-16-18/h2-8,13-14,16-17,23H,9-12,15H2,1H3. The summed E-state index contributed by atoms with van der Waals surface area (Å²) in [5, 5.41) is 4.72. The number of aromatic nitrogens is 1. The van der Waals surface area contributed by atoms with Gasteiger partial charge in [0.05, 0.1) is 18.7 Å². The third kappa shape index (κ3) is 3.87. The highest BCUT2D eigenvalue weighted by molar-refractivity contribution is 5.78. The molecular formula is C22H25N3O. The first-order chi connectivity index (χ1) is 12.8. The summed E-state index contributed by atoms with van der Waals surface area (Å²) in [5.41, 5.74) is 4.72. The van der Waals surface area contributed by atoms with Gasteiger partial charge in [-0.2, -0.15) is 0 Å². The zero-order chi connectivity index (χ0) is 17.8. The second-order valence-corrected chi connectivity index (χ2v) is 6.84. The fourth-order valence-electron chi connectivity index (χ4n) is 3.50. The normalized spacial score (nSPS) is 16.5. The van der Waals surface area contributed by atoms with Gasteiger partial charge < -0.3 is 10.1 Å². The minimum absolute atomic E-state index is 0.406. The number of rotatable bonds is 5. The average molecular weight is 347 g/mol. The van der Waals surface area contributed by atoms with Crippen LogP contribution in [0.5, 0.6) is 0 Å². The van der Waals surface area contributed by atoms with Gasteiger partial charge in [0.25, 0.3) is 0 Å². The van der Waals surface area contributed by atoms with Gasteiger partial charge in [-0.25, -0.2) is 0 Å². The third-order valence-electron chi connectivity index (χ3n) is 5.11. The lowest BCUT2D eigenvalue weighted by molar-refractivity contribution is 0.0199. The number of ether oxygens (including phenoxy) is 1. The molecule has 2 aromatic carbocycles. The van der Waals surface area contributed by atoms with Gasteiger partial charge in [-0.1, -0.05) is 30.3 Å². The summed E-state index contributed by atoms with van der Waals surface area (Å²) >= 11 is 0. The highest BCUT2D eigenvalue weighted by Crippen LogP contribution is 2.24. The van der Waals surface area contributed by atoms with E-state index in [0.717, 1.165) is 44.1 Å². The summed E-state index contributed by atoms with van der Waals surface area (Å²) in [7, 11) is 0. The number of benzene rings is 2. The molecule has 0 aliphatic carbocycles. The maximum atomic E-state index is 5.47. The van der Waals surface area contributed by atoms with Crippen molar-refractivity contribution in [2.45, 2.75) is 19.5 Å². The van der Waals surface area contributed by atoms with Gasteiger partial charge >= 0.3 is 0 Å². The highest BCUT2D eigenvalue weighted by Gasteiger charge is 2.18. The highest BCUT2D eigenvalue weighted by atomic mass is 16.5. The van der Waals surface area contributed by atoms with Gasteiger partial charge in [0.15, 0.2) is 0 Å². The molecule has 26 heavy (non-hydrogen) atoms. The molecule has 0 amide bonds. The average Bonchev–Trinajstić information content (AvgIpc) is 2.72. The smallest absolute Gasteiger partial charge is 0.0702 e. The number of hydrogen-bond acceptors (Lipinski definition) is 4. The molecule has 0 spiro atoms. The summed E-state index contributed by atoms with van der Waals surface area (Å²) in [6.07, 6.45) is 1.95. The molecule has 0 saturated carbocycles. The number of nitrogens with zero attached hydrogens (tertiary/aromatic N) is 2. The Morgan fingerprint density at radius 1 is 1.08 bits per heavy atom. The number of nitrogens with one attached hydrogen (secondary N) is 1.